The van der Waals surface area contributed by atoms with E-state index < -0.39 is 6.10 Å². The average molecular weight is 245 g/mol. The molecule has 0 aromatic heterocycles. The summed E-state index contributed by atoms with van der Waals surface area (Å²) in [6.45, 7) is 1.89. The lowest BCUT2D eigenvalue weighted by molar-refractivity contribution is -0.149. The molecule has 1 atom stereocenters. The standard InChI is InChI=1S/C14H15NO3/c1-9-3-4-10(8-15)7-12(9)18-13(11-5-6-11)14(16)17-2/h3-4,7,11,13H,5-6H2,1-2H3. The number of carbonyl (C=O) groups excluding carboxylic acids is 1. The van der Waals surface area contributed by atoms with Gasteiger partial charge in [0.05, 0.1) is 18.7 Å². The summed E-state index contributed by atoms with van der Waals surface area (Å²) in [4.78, 5) is 11.7. The second-order valence-electron chi connectivity index (χ2n) is 4.49. The Balaban J connectivity index is 2.21. The minimum Gasteiger partial charge on any atom is -0.478 e. The van der Waals surface area contributed by atoms with Gasteiger partial charge in [-0.1, -0.05) is 6.07 Å². The van der Waals surface area contributed by atoms with Gasteiger partial charge in [-0.3, -0.25) is 0 Å². The molecular weight excluding hydrogens is 230 g/mol. The van der Waals surface area contributed by atoms with Gasteiger partial charge in [0.2, 0.25) is 0 Å². The van der Waals surface area contributed by atoms with Crippen molar-refractivity contribution in [2.45, 2.75) is 25.9 Å². The van der Waals surface area contributed by atoms with E-state index in [0.29, 0.717) is 11.3 Å². The zero-order chi connectivity index (χ0) is 13.1. The van der Waals surface area contributed by atoms with Gasteiger partial charge in [-0.05, 0) is 37.5 Å². The summed E-state index contributed by atoms with van der Waals surface area (Å²) < 4.78 is 10.5. The molecule has 0 aliphatic heterocycles. The number of methoxy groups -OCH3 is 1. The fourth-order valence-electron chi connectivity index (χ4n) is 1.79. The van der Waals surface area contributed by atoms with E-state index in [2.05, 4.69) is 6.07 Å². The van der Waals surface area contributed by atoms with Crippen LogP contribution < -0.4 is 4.74 Å². The predicted molar refractivity (Wildman–Crippen MR) is 65.1 cm³/mol. The Bertz CT molecular complexity index is 500. The van der Waals surface area contributed by atoms with E-state index >= 15 is 0 Å². The number of hydrogen-bond acceptors (Lipinski definition) is 4. The Morgan fingerprint density at radius 1 is 1.50 bits per heavy atom. The predicted octanol–water partition coefficient (Wildman–Crippen LogP) is 2.20. The number of nitriles is 1. The minimum atomic E-state index is -0.553. The van der Waals surface area contributed by atoms with Crippen LogP contribution in [0, 0.1) is 24.2 Å². The molecule has 1 aliphatic carbocycles. The molecule has 1 fully saturated rings. The van der Waals surface area contributed by atoms with Crippen LogP contribution in [0.25, 0.3) is 0 Å². The van der Waals surface area contributed by atoms with Gasteiger partial charge in [0.15, 0.2) is 6.10 Å². The van der Waals surface area contributed by atoms with Crippen molar-refractivity contribution in [1.29, 1.82) is 5.26 Å². The van der Waals surface area contributed by atoms with Crippen LogP contribution in [0.5, 0.6) is 5.75 Å². The highest BCUT2D eigenvalue weighted by atomic mass is 16.6. The molecule has 1 unspecified atom stereocenters. The van der Waals surface area contributed by atoms with Crippen LogP contribution in [0.4, 0.5) is 0 Å². The topological polar surface area (TPSA) is 59.3 Å². The molecule has 4 heteroatoms. The van der Waals surface area contributed by atoms with Crippen molar-refractivity contribution in [3.05, 3.63) is 29.3 Å². The molecular formula is C14H15NO3. The Kier molecular flexibility index (Phi) is 3.52. The van der Waals surface area contributed by atoms with Crippen molar-refractivity contribution in [1.82, 2.24) is 0 Å². The summed E-state index contributed by atoms with van der Waals surface area (Å²) in [6.07, 6.45) is 1.41. The highest BCUT2D eigenvalue weighted by Crippen LogP contribution is 2.36. The third-order valence-corrected chi connectivity index (χ3v) is 3.05. The average Bonchev–Trinajstić information content (AvgIpc) is 3.21. The Hall–Kier alpha value is -2.02. The quantitative estimate of drug-likeness (QED) is 0.763. The fraction of sp³-hybridized carbons (Fsp3) is 0.429. The first-order valence-electron chi connectivity index (χ1n) is 5.91. The molecule has 1 saturated carbocycles. The maximum atomic E-state index is 11.7. The van der Waals surface area contributed by atoms with Gasteiger partial charge in [0.1, 0.15) is 5.75 Å². The number of esters is 1. The van der Waals surface area contributed by atoms with E-state index in [1.165, 1.54) is 7.11 Å². The zero-order valence-corrected chi connectivity index (χ0v) is 10.5. The highest BCUT2D eigenvalue weighted by molar-refractivity contribution is 5.76. The summed E-state index contributed by atoms with van der Waals surface area (Å²) in [5.74, 6) is 0.471. The van der Waals surface area contributed by atoms with E-state index in [1.807, 2.05) is 13.0 Å². The Labute approximate surface area is 106 Å². The molecule has 0 heterocycles. The molecule has 0 radical (unpaired) electrons. The third-order valence-electron chi connectivity index (χ3n) is 3.05. The maximum Gasteiger partial charge on any atom is 0.347 e. The normalized spacial score (nSPS) is 15.6. The molecule has 1 aromatic rings. The first-order chi connectivity index (χ1) is 8.65. The molecule has 0 saturated heterocycles. The molecule has 4 nitrogen and oxygen atoms in total. The summed E-state index contributed by atoms with van der Waals surface area (Å²) in [5, 5.41) is 8.87. The molecule has 0 amide bonds. The van der Waals surface area contributed by atoms with Gasteiger partial charge in [-0.25, -0.2) is 4.79 Å². The van der Waals surface area contributed by atoms with Crippen LogP contribution in [0.3, 0.4) is 0 Å². The van der Waals surface area contributed by atoms with E-state index in [4.69, 9.17) is 14.7 Å². The lowest BCUT2D eigenvalue weighted by atomic mass is 10.1. The highest BCUT2D eigenvalue weighted by Gasteiger charge is 2.39. The number of nitrogens with zero attached hydrogens (tertiary/aromatic N) is 1. The second kappa shape index (κ2) is 5.09. The number of rotatable bonds is 4. The number of aryl methyl sites for hydroxylation is 1. The summed E-state index contributed by atoms with van der Waals surface area (Å²) in [5.41, 5.74) is 1.43. The summed E-state index contributed by atoms with van der Waals surface area (Å²) >= 11 is 0. The van der Waals surface area contributed by atoms with Crippen molar-refractivity contribution in [2.75, 3.05) is 7.11 Å². The molecule has 18 heavy (non-hydrogen) atoms. The van der Waals surface area contributed by atoms with E-state index in [0.717, 1.165) is 18.4 Å². The third kappa shape index (κ3) is 2.62. The summed E-state index contributed by atoms with van der Waals surface area (Å²) in [6, 6.07) is 7.26. The van der Waals surface area contributed by atoms with E-state index in [1.54, 1.807) is 12.1 Å². The van der Waals surface area contributed by atoms with Gasteiger partial charge < -0.3 is 9.47 Å². The molecule has 0 bridgehead atoms. The first-order valence-corrected chi connectivity index (χ1v) is 5.91. The van der Waals surface area contributed by atoms with Crippen LogP contribution in [0.1, 0.15) is 24.0 Å². The molecule has 0 N–H and O–H groups in total. The van der Waals surface area contributed by atoms with Gasteiger partial charge in [0.25, 0.3) is 0 Å². The Morgan fingerprint density at radius 3 is 2.78 bits per heavy atom. The van der Waals surface area contributed by atoms with Crippen LogP contribution in [0.15, 0.2) is 18.2 Å². The van der Waals surface area contributed by atoms with Crippen molar-refractivity contribution in [2.24, 2.45) is 5.92 Å². The monoisotopic (exact) mass is 245 g/mol. The maximum absolute atomic E-state index is 11.7. The number of ether oxygens (including phenoxy) is 2. The largest absolute Gasteiger partial charge is 0.478 e. The second-order valence-corrected chi connectivity index (χ2v) is 4.49. The van der Waals surface area contributed by atoms with Crippen LogP contribution >= 0.6 is 0 Å². The molecule has 1 aliphatic rings. The first kappa shape index (κ1) is 12.4. The lowest BCUT2D eigenvalue weighted by Crippen LogP contribution is -2.30. The number of carbonyl (C=O) groups is 1. The minimum absolute atomic E-state index is 0.239. The Morgan fingerprint density at radius 2 is 2.22 bits per heavy atom. The smallest absolute Gasteiger partial charge is 0.347 e. The van der Waals surface area contributed by atoms with Gasteiger partial charge in [-0.15, -0.1) is 0 Å². The van der Waals surface area contributed by atoms with Crippen LogP contribution in [0.2, 0.25) is 0 Å². The van der Waals surface area contributed by atoms with E-state index in [-0.39, 0.29) is 11.9 Å². The lowest BCUT2D eigenvalue weighted by Gasteiger charge is -2.17. The number of benzene rings is 1. The van der Waals surface area contributed by atoms with Crippen molar-refractivity contribution >= 4 is 5.97 Å². The van der Waals surface area contributed by atoms with Crippen molar-refractivity contribution < 1.29 is 14.3 Å². The van der Waals surface area contributed by atoms with Gasteiger partial charge in [-0.2, -0.15) is 5.26 Å². The van der Waals surface area contributed by atoms with Crippen LogP contribution in [-0.2, 0) is 9.53 Å². The molecule has 0 spiro atoms. The van der Waals surface area contributed by atoms with Crippen molar-refractivity contribution in [3.8, 4) is 11.8 Å². The van der Waals surface area contributed by atoms with Gasteiger partial charge in [0, 0.05) is 5.92 Å². The fourth-order valence-corrected chi connectivity index (χ4v) is 1.79. The SMILES string of the molecule is COC(=O)C(Oc1cc(C#N)ccc1C)C1CC1. The van der Waals surface area contributed by atoms with Crippen LogP contribution in [-0.4, -0.2) is 19.2 Å². The van der Waals surface area contributed by atoms with E-state index in [9.17, 15) is 4.79 Å². The number of hydrogen-bond donors (Lipinski definition) is 0. The zero-order valence-electron chi connectivity index (χ0n) is 10.5. The molecule has 1 aromatic carbocycles. The summed E-state index contributed by atoms with van der Waals surface area (Å²) in [7, 11) is 1.36. The molecule has 2 rings (SSSR count). The van der Waals surface area contributed by atoms with Gasteiger partial charge >= 0.3 is 5.97 Å². The van der Waals surface area contributed by atoms with Crippen molar-refractivity contribution in [3.63, 3.8) is 0 Å². The molecule has 94 valence electrons.